The van der Waals surface area contributed by atoms with Crippen molar-refractivity contribution >= 4 is 11.7 Å². The first kappa shape index (κ1) is 20.2. The van der Waals surface area contributed by atoms with Crippen LogP contribution in [0.3, 0.4) is 0 Å². The minimum atomic E-state index is -0.219. The maximum Gasteiger partial charge on any atom is 0.251 e. The van der Waals surface area contributed by atoms with Crippen molar-refractivity contribution in [3.8, 4) is 5.75 Å². The number of methoxy groups -OCH3 is 1. The lowest BCUT2D eigenvalue weighted by Crippen LogP contribution is -2.63. The molecule has 6 rings (SSSR count). The van der Waals surface area contributed by atoms with E-state index in [1.165, 1.54) is 6.42 Å². The minimum absolute atomic E-state index is 0.0474. The van der Waals surface area contributed by atoms with Crippen LogP contribution in [0.15, 0.2) is 36.7 Å². The molecule has 0 spiro atoms. The SMILES string of the molecule is COc1cccc(C(=O)NC23CC4CC(CC(CC(=O)c5cncc(C)n5)(C4)C2)C3)c1. The van der Waals surface area contributed by atoms with Crippen molar-refractivity contribution in [1.82, 2.24) is 15.3 Å². The third kappa shape index (κ3) is 3.84. The minimum Gasteiger partial charge on any atom is -0.497 e. The summed E-state index contributed by atoms with van der Waals surface area (Å²) in [4.78, 5) is 34.8. The first-order valence-corrected chi connectivity index (χ1v) is 11.2. The second-order valence-corrected chi connectivity index (χ2v) is 10.1. The Morgan fingerprint density at radius 3 is 2.65 bits per heavy atom. The summed E-state index contributed by atoms with van der Waals surface area (Å²) in [6.45, 7) is 1.86. The van der Waals surface area contributed by atoms with Crippen LogP contribution in [0.5, 0.6) is 5.75 Å². The highest BCUT2D eigenvalue weighted by Gasteiger charge is 2.58. The number of hydrogen-bond donors (Lipinski definition) is 1. The van der Waals surface area contributed by atoms with E-state index in [4.69, 9.17) is 4.74 Å². The smallest absolute Gasteiger partial charge is 0.251 e. The lowest BCUT2D eigenvalue weighted by Gasteiger charge is -2.62. The van der Waals surface area contributed by atoms with Crippen LogP contribution in [0.1, 0.15) is 71.5 Å². The number of Topliss-reactive ketones (excluding diaryl/α,β-unsaturated/α-hetero) is 1. The number of aryl methyl sites for hydroxylation is 1. The fourth-order valence-corrected chi connectivity index (χ4v) is 6.91. The van der Waals surface area contributed by atoms with Gasteiger partial charge in [-0.2, -0.15) is 0 Å². The number of nitrogens with zero attached hydrogens (tertiary/aromatic N) is 2. The largest absolute Gasteiger partial charge is 0.497 e. The van der Waals surface area contributed by atoms with Gasteiger partial charge in [-0.05, 0) is 80.9 Å². The van der Waals surface area contributed by atoms with Crippen LogP contribution in [-0.2, 0) is 0 Å². The second-order valence-electron chi connectivity index (χ2n) is 10.1. The molecule has 4 bridgehead atoms. The number of carbonyl (C=O) groups excluding carboxylic acids is 2. The maximum absolute atomic E-state index is 13.1. The highest BCUT2D eigenvalue weighted by Crippen LogP contribution is 2.63. The van der Waals surface area contributed by atoms with Crippen LogP contribution in [-0.4, -0.2) is 34.3 Å². The molecule has 162 valence electrons. The zero-order chi connectivity index (χ0) is 21.6. The van der Waals surface area contributed by atoms with Gasteiger partial charge in [0.15, 0.2) is 5.78 Å². The van der Waals surface area contributed by atoms with Gasteiger partial charge in [0.25, 0.3) is 5.91 Å². The molecule has 2 aromatic rings. The molecular weight excluding hydrogens is 390 g/mol. The molecule has 4 saturated carbocycles. The molecule has 4 fully saturated rings. The average molecular weight is 420 g/mol. The molecule has 2 atom stereocenters. The number of ether oxygens (including phenoxy) is 1. The van der Waals surface area contributed by atoms with Gasteiger partial charge in [0.2, 0.25) is 0 Å². The van der Waals surface area contributed by atoms with E-state index in [9.17, 15) is 9.59 Å². The normalized spacial score (nSPS) is 30.8. The molecule has 0 radical (unpaired) electrons. The third-order valence-electron chi connectivity index (χ3n) is 7.47. The number of nitrogens with one attached hydrogen (secondary N) is 1. The summed E-state index contributed by atoms with van der Waals surface area (Å²) < 4.78 is 5.28. The Labute approximate surface area is 182 Å². The number of carbonyl (C=O) groups is 2. The molecule has 2 unspecified atom stereocenters. The van der Waals surface area contributed by atoms with Crippen molar-refractivity contribution < 1.29 is 14.3 Å². The monoisotopic (exact) mass is 419 g/mol. The lowest BCUT2D eigenvalue weighted by molar-refractivity contribution is -0.0771. The Bertz CT molecular complexity index is 1020. The van der Waals surface area contributed by atoms with E-state index in [-0.39, 0.29) is 22.6 Å². The number of aromatic nitrogens is 2. The van der Waals surface area contributed by atoms with Crippen molar-refractivity contribution in [3.05, 3.63) is 53.6 Å². The van der Waals surface area contributed by atoms with E-state index in [1.54, 1.807) is 25.6 Å². The molecule has 1 amide bonds. The number of hydrogen-bond acceptors (Lipinski definition) is 5. The van der Waals surface area contributed by atoms with E-state index in [1.807, 2.05) is 25.1 Å². The van der Waals surface area contributed by atoms with Gasteiger partial charge in [-0.15, -0.1) is 0 Å². The molecule has 0 aliphatic heterocycles. The topological polar surface area (TPSA) is 81.2 Å². The van der Waals surface area contributed by atoms with Crippen LogP contribution >= 0.6 is 0 Å². The van der Waals surface area contributed by atoms with Crippen LogP contribution < -0.4 is 10.1 Å². The van der Waals surface area contributed by atoms with Crippen LogP contribution in [0.25, 0.3) is 0 Å². The Balaban J connectivity index is 1.37. The summed E-state index contributed by atoms with van der Waals surface area (Å²) in [7, 11) is 1.61. The summed E-state index contributed by atoms with van der Waals surface area (Å²) in [5.41, 5.74) is 1.58. The van der Waals surface area contributed by atoms with Gasteiger partial charge in [0.05, 0.1) is 19.0 Å². The fourth-order valence-electron chi connectivity index (χ4n) is 6.91. The Kier molecular flexibility index (Phi) is 4.83. The zero-order valence-electron chi connectivity index (χ0n) is 18.2. The van der Waals surface area contributed by atoms with Crippen LogP contribution in [0.2, 0.25) is 0 Å². The Morgan fingerprint density at radius 1 is 1.16 bits per heavy atom. The van der Waals surface area contributed by atoms with Gasteiger partial charge < -0.3 is 10.1 Å². The number of rotatable bonds is 6. The molecule has 1 aromatic carbocycles. The van der Waals surface area contributed by atoms with E-state index < -0.39 is 0 Å². The van der Waals surface area contributed by atoms with Gasteiger partial charge >= 0.3 is 0 Å². The first-order valence-electron chi connectivity index (χ1n) is 11.2. The predicted octanol–water partition coefficient (Wildman–Crippen LogP) is 4.14. The predicted molar refractivity (Wildman–Crippen MR) is 116 cm³/mol. The number of ketones is 1. The van der Waals surface area contributed by atoms with Crippen LogP contribution in [0.4, 0.5) is 0 Å². The standard InChI is InChI=1S/C25H29N3O3/c1-16-13-26-14-21(27-16)22(29)12-24-8-17-6-18(9-24)11-25(10-17,15-24)28-23(30)19-4-3-5-20(7-19)31-2/h3-5,7,13-14,17-18H,6,8-12,15H2,1-2H3,(H,28,30). The van der Waals surface area contributed by atoms with Crippen molar-refractivity contribution in [1.29, 1.82) is 0 Å². The van der Waals surface area contributed by atoms with E-state index in [0.29, 0.717) is 35.3 Å². The van der Waals surface area contributed by atoms with Crippen molar-refractivity contribution in [2.75, 3.05) is 7.11 Å². The van der Waals surface area contributed by atoms with Crippen molar-refractivity contribution in [2.45, 2.75) is 57.4 Å². The van der Waals surface area contributed by atoms with Gasteiger partial charge in [0, 0.05) is 23.7 Å². The molecule has 4 aliphatic rings. The van der Waals surface area contributed by atoms with E-state index in [0.717, 1.165) is 37.8 Å². The number of benzene rings is 1. The Morgan fingerprint density at radius 2 is 1.94 bits per heavy atom. The summed E-state index contributed by atoms with van der Waals surface area (Å²) in [6, 6.07) is 7.30. The van der Waals surface area contributed by atoms with Crippen molar-refractivity contribution in [2.24, 2.45) is 17.3 Å². The molecule has 6 heteroatoms. The molecule has 1 aromatic heterocycles. The molecule has 31 heavy (non-hydrogen) atoms. The highest BCUT2D eigenvalue weighted by molar-refractivity contribution is 5.95. The Hall–Kier alpha value is -2.76. The molecule has 1 heterocycles. The summed E-state index contributed by atoms with van der Waals surface area (Å²) >= 11 is 0. The van der Waals surface area contributed by atoms with Gasteiger partial charge in [-0.25, -0.2) is 4.98 Å². The first-order chi connectivity index (χ1) is 14.9. The van der Waals surface area contributed by atoms with Gasteiger partial charge in [-0.3, -0.25) is 14.6 Å². The third-order valence-corrected chi connectivity index (χ3v) is 7.47. The van der Waals surface area contributed by atoms with E-state index >= 15 is 0 Å². The average Bonchev–Trinajstić information content (AvgIpc) is 2.72. The molecule has 1 N–H and O–H groups in total. The molecule has 0 saturated heterocycles. The quantitative estimate of drug-likeness (QED) is 0.712. The van der Waals surface area contributed by atoms with Gasteiger partial charge in [0.1, 0.15) is 11.4 Å². The zero-order valence-corrected chi connectivity index (χ0v) is 18.2. The summed E-state index contributed by atoms with van der Waals surface area (Å²) in [5, 5.41) is 3.41. The van der Waals surface area contributed by atoms with Gasteiger partial charge in [-0.1, -0.05) is 6.07 Å². The molecule has 4 aliphatic carbocycles. The number of amides is 1. The fraction of sp³-hybridized carbons (Fsp3) is 0.520. The summed E-state index contributed by atoms with van der Waals surface area (Å²) in [6.07, 6.45) is 10.0. The maximum atomic E-state index is 13.1. The van der Waals surface area contributed by atoms with E-state index in [2.05, 4.69) is 15.3 Å². The van der Waals surface area contributed by atoms with Crippen molar-refractivity contribution in [3.63, 3.8) is 0 Å². The molecular formula is C25H29N3O3. The lowest BCUT2D eigenvalue weighted by atomic mass is 9.46. The highest BCUT2D eigenvalue weighted by atomic mass is 16.5. The second kappa shape index (κ2) is 7.43. The van der Waals surface area contributed by atoms with Crippen LogP contribution in [0, 0.1) is 24.2 Å². The molecule has 6 nitrogen and oxygen atoms in total. The summed E-state index contributed by atoms with van der Waals surface area (Å²) in [5.74, 6) is 1.85.